The van der Waals surface area contributed by atoms with Crippen molar-refractivity contribution in [1.29, 1.82) is 0 Å². The van der Waals surface area contributed by atoms with E-state index in [9.17, 15) is 4.79 Å². The number of aryl methyl sites for hydroxylation is 1. The first-order valence-corrected chi connectivity index (χ1v) is 8.19. The number of rotatable bonds is 3. The molecule has 0 fully saturated rings. The van der Waals surface area contributed by atoms with Gasteiger partial charge in [0, 0.05) is 34.3 Å². The molecule has 1 aromatic heterocycles. The van der Waals surface area contributed by atoms with Crippen molar-refractivity contribution in [1.82, 2.24) is 9.88 Å². The van der Waals surface area contributed by atoms with Crippen LogP contribution in [-0.4, -0.2) is 22.3 Å². The molecule has 23 heavy (non-hydrogen) atoms. The van der Waals surface area contributed by atoms with Gasteiger partial charge in [-0.3, -0.25) is 4.79 Å². The Hall–Kier alpha value is -2.55. The number of carbonyl (C=O) groups excluding carboxylic acids is 1. The highest BCUT2D eigenvalue weighted by Crippen LogP contribution is 2.42. The van der Waals surface area contributed by atoms with Crippen molar-refractivity contribution in [2.24, 2.45) is 0 Å². The van der Waals surface area contributed by atoms with Crippen LogP contribution in [0.1, 0.15) is 46.6 Å². The number of nitrogens with one attached hydrogen (secondary N) is 1. The third-order valence-corrected chi connectivity index (χ3v) is 4.74. The van der Waals surface area contributed by atoms with Gasteiger partial charge in [-0.2, -0.15) is 0 Å². The van der Waals surface area contributed by atoms with Crippen LogP contribution < -0.4 is 0 Å². The zero-order valence-electron chi connectivity index (χ0n) is 13.5. The number of hydrogen-bond donors (Lipinski definition) is 1. The number of aromatic amines is 1. The van der Waals surface area contributed by atoms with Crippen LogP contribution in [0.25, 0.3) is 10.9 Å². The normalized spacial score (nSPS) is 17.0. The molecule has 0 bridgehead atoms. The number of benzene rings is 2. The maximum atomic E-state index is 12.9. The second-order valence-electron chi connectivity index (χ2n) is 6.20. The Bertz CT molecular complexity index is 894. The van der Waals surface area contributed by atoms with Gasteiger partial charge in [0.1, 0.15) is 0 Å². The standard InChI is InChI=1S/C20H20N2O/c1-3-12-22-19(14-8-4-5-9-15(14)20(22)23)18-13(2)21-17-11-7-6-10-16(17)18/h4-11,19,21H,3,12H2,1-2H3/t19-/m1/s1. The lowest BCUT2D eigenvalue weighted by Crippen LogP contribution is -2.29. The van der Waals surface area contributed by atoms with E-state index < -0.39 is 0 Å². The zero-order chi connectivity index (χ0) is 16.0. The summed E-state index contributed by atoms with van der Waals surface area (Å²) in [7, 11) is 0. The van der Waals surface area contributed by atoms with Gasteiger partial charge >= 0.3 is 0 Å². The van der Waals surface area contributed by atoms with Gasteiger partial charge in [0.05, 0.1) is 6.04 Å². The summed E-state index contributed by atoms with van der Waals surface area (Å²) < 4.78 is 0. The predicted octanol–water partition coefficient (Wildman–Crippen LogP) is 4.43. The van der Waals surface area contributed by atoms with E-state index in [1.807, 2.05) is 29.2 Å². The minimum Gasteiger partial charge on any atom is -0.358 e. The van der Waals surface area contributed by atoms with E-state index in [4.69, 9.17) is 0 Å². The summed E-state index contributed by atoms with van der Waals surface area (Å²) >= 11 is 0. The first-order chi connectivity index (χ1) is 11.2. The average molecular weight is 304 g/mol. The van der Waals surface area contributed by atoms with Crippen molar-refractivity contribution in [2.75, 3.05) is 6.54 Å². The fourth-order valence-electron chi connectivity index (χ4n) is 3.80. The minimum atomic E-state index is 0.00907. The van der Waals surface area contributed by atoms with E-state index in [1.165, 1.54) is 10.9 Å². The lowest BCUT2D eigenvalue weighted by atomic mass is 9.95. The third-order valence-electron chi connectivity index (χ3n) is 4.74. The Balaban J connectivity index is 1.97. The lowest BCUT2D eigenvalue weighted by molar-refractivity contribution is 0.0750. The van der Waals surface area contributed by atoms with E-state index in [0.29, 0.717) is 0 Å². The molecule has 0 unspecified atom stereocenters. The summed E-state index contributed by atoms with van der Waals surface area (Å²) in [4.78, 5) is 18.4. The Kier molecular flexibility index (Phi) is 3.22. The average Bonchev–Trinajstić information content (AvgIpc) is 3.03. The highest BCUT2D eigenvalue weighted by atomic mass is 16.2. The highest BCUT2D eigenvalue weighted by Gasteiger charge is 2.38. The number of amides is 1. The fraction of sp³-hybridized carbons (Fsp3) is 0.250. The minimum absolute atomic E-state index is 0.00907. The van der Waals surface area contributed by atoms with Gasteiger partial charge in [-0.25, -0.2) is 0 Å². The molecule has 1 N–H and O–H groups in total. The number of para-hydroxylation sites is 1. The third kappa shape index (κ3) is 2.00. The topological polar surface area (TPSA) is 36.1 Å². The summed E-state index contributed by atoms with van der Waals surface area (Å²) in [6.07, 6.45) is 0.956. The van der Waals surface area contributed by atoms with Gasteiger partial charge < -0.3 is 9.88 Å². The summed E-state index contributed by atoms with van der Waals surface area (Å²) in [6, 6.07) is 16.4. The highest BCUT2D eigenvalue weighted by molar-refractivity contribution is 6.01. The molecule has 3 aromatic rings. The molecule has 1 aliphatic heterocycles. The number of carbonyl (C=O) groups is 1. The van der Waals surface area contributed by atoms with Gasteiger partial charge in [0.2, 0.25) is 0 Å². The van der Waals surface area contributed by atoms with Crippen LogP contribution in [0.5, 0.6) is 0 Å². The molecule has 1 aliphatic rings. The van der Waals surface area contributed by atoms with Crippen molar-refractivity contribution < 1.29 is 4.79 Å². The molecule has 2 heterocycles. The maximum Gasteiger partial charge on any atom is 0.255 e. The van der Waals surface area contributed by atoms with E-state index in [2.05, 4.69) is 43.1 Å². The number of hydrogen-bond acceptors (Lipinski definition) is 1. The largest absolute Gasteiger partial charge is 0.358 e. The molecular formula is C20H20N2O. The second-order valence-corrected chi connectivity index (χ2v) is 6.20. The molecule has 116 valence electrons. The van der Waals surface area contributed by atoms with Crippen LogP contribution >= 0.6 is 0 Å². The Morgan fingerprint density at radius 1 is 1.09 bits per heavy atom. The molecule has 0 saturated carbocycles. The molecule has 0 saturated heterocycles. The molecular weight excluding hydrogens is 284 g/mol. The Morgan fingerprint density at radius 2 is 1.83 bits per heavy atom. The molecule has 3 nitrogen and oxygen atoms in total. The molecule has 2 aromatic carbocycles. The number of aromatic nitrogens is 1. The molecule has 1 amide bonds. The number of H-pyrrole nitrogens is 1. The SMILES string of the molecule is CCCN1C(=O)c2ccccc2[C@@H]1c1c(C)[nH]c2ccccc12. The van der Waals surface area contributed by atoms with Crippen molar-refractivity contribution in [2.45, 2.75) is 26.3 Å². The zero-order valence-corrected chi connectivity index (χ0v) is 13.5. The summed E-state index contributed by atoms with van der Waals surface area (Å²) in [5.74, 6) is 0.150. The Labute approximate surface area is 135 Å². The number of fused-ring (bicyclic) bond motifs is 2. The van der Waals surface area contributed by atoms with Crippen LogP contribution in [0.2, 0.25) is 0 Å². The molecule has 0 radical (unpaired) electrons. The summed E-state index contributed by atoms with van der Waals surface area (Å²) in [6.45, 7) is 5.00. The molecule has 0 spiro atoms. The van der Waals surface area contributed by atoms with E-state index in [-0.39, 0.29) is 11.9 Å². The van der Waals surface area contributed by atoms with Crippen LogP contribution in [0.15, 0.2) is 48.5 Å². The van der Waals surface area contributed by atoms with Gasteiger partial charge in [-0.1, -0.05) is 43.3 Å². The molecule has 4 rings (SSSR count). The summed E-state index contributed by atoms with van der Waals surface area (Å²) in [5, 5.41) is 1.21. The quantitative estimate of drug-likeness (QED) is 0.763. The van der Waals surface area contributed by atoms with E-state index in [1.54, 1.807) is 0 Å². The van der Waals surface area contributed by atoms with Gasteiger partial charge in [-0.15, -0.1) is 0 Å². The lowest BCUT2D eigenvalue weighted by Gasteiger charge is -2.25. The summed E-state index contributed by atoms with van der Waals surface area (Å²) in [5.41, 5.74) is 5.47. The molecule has 1 atom stereocenters. The Morgan fingerprint density at radius 3 is 2.65 bits per heavy atom. The first kappa shape index (κ1) is 14.1. The van der Waals surface area contributed by atoms with Crippen molar-refractivity contribution in [3.63, 3.8) is 0 Å². The van der Waals surface area contributed by atoms with E-state index >= 15 is 0 Å². The van der Waals surface area contributed by atoms with Gasteiger partial charge in [-0.05, 0) is 31.0 Å². The van der Waals surface area contributed by atoms with Crippen LogP contribution in [0, 0.1) is 6.92 Å². The second kappa shape index (κ2) is 5.27. The molecule has 3 heteroatoms. The first-order valence-electron chi connectivity index (χ1n) is 8.19. The van der Waals surface area contributed by atoms with Gasteiger partial charge in [0.25, 0.3) is 5.91 Å². The van der Waals surface area contributed by atoms with Crippen molar-refractivity contribution in [3.05, 3.63) is 70.9 Å². The van der Waals surface area contributed by atoms with Crippen LogP contribution in [0.4, 0.5) is 0 Å². The molecule has 0 aliphatic carbocycles. The fourth-order valence-corrected chi connectivity index (χ4v) is 3.80. The van der Waals surface area contributed by atoms with Gasteiger partial charge in [0.15, 0.2) is 0 Å². The predicted molar refractivity (Wildman–Crippen MR) is 92.6 cm³/mol. The van der Waals surface area contributed by atoms with E-state index in [0.717, 1.165) is 35.3 Å². The van der Waals surface area contributed by atoms with Crippen molar-refractivity contribution in [3.8, 4) is 0 Å². The monoisotopic (exact) mass is 304 g/mol. The van der Waals surface area contributed by atoms with Crippen LogP contribution in [-0.2, 0) is 0 Å². The number of nitrogens with zero attached hydrogens (tertiary/aromatic N) is 1. The maximum absolute atomic E-state index is 12.9. The van der Waals surface area contributed by atoms with Crippen molar-refractivity contribution >= 4 is 16.8 Å². The van der Waals surface area contributed by atoms with Crippen LogP contribution in [0.3, 0.4) is 0 Å². The smallest absolute Gasteiger partial charge is 0.255 e.